The van der Waals surface area contributed by atoms with Crippen LogP contribution < -0.4 is 0 Å². The van der Waals surface area contributed by atoms with E-state index in [0.717, 1.165) is 37.0 Å². The van der Waals surface area contributed by atoms with E-state index in [1.165, 1.54) is 38.6 Å². The van der Waals surface area contributed by atoms with E-state index in [4.69, 9.17) is 0 Å². The average Bonchev–Trinajstić information content (AvgIpc) is 2.51. The zero-order valence-corrected chi connectivity index (χ0v) is 14.8. The molecular weight excluding hydrogens is 264 g/mol. The minimum Gasteiger partial charge on any atom is -0.383 e. The van der Waals surface area contributed by atoms with Crippen LogP contribution in [0.4, 0.5) is 0 Å². The minimum absolute atomic E-state index is 0.980. The van der Waals surface area contributed by atoms with Crippen LogP contribution in [0.15, 0.2) is 0 Å². The van der Waals surface area contributed by atoms with Gasteiger partial charge < -0.3 is 4.72 Å². The van der Waals surface area contributed by atoms with Gasteiger partial charge in [-0.15, -0.1) is 0 Å². The van der Waals surface area contributed by atoms with Crippen LogP contribution in [0.3, 0.4) is 0 Å². The molecule has 0 radical (unpaired) electrons. The molecule has 0 saturated carbocycles. The van der Waals surface area contributed by atoms with Gasteiger partial charge in [0.05, 0.1) is 0 Å². The summed E-state index contributed by atoms with van der Waals surface area (Å²) in [4.78, 5) is 0. The number of fused-ring (bicyclic) bond motifs is 4. The van der Waals surface area contributed by atoms with E-state index in [-0.39, 0.29) is 0 Å². The highest BCUT2D eigenvalue weighted by atomic mass is 15.0. The van der Waals surface area contributed by atoms with Crippen molar-refractivity contribution in [2.45, 2.75) is 114 Å². The lowest BCUT2D eigenvalue weighted by atomic mass is 9.24. The molecular formula is C19H35B2N. The van der Waals surface area contributed by atoms with Gasteiger partial charge in [-0.2, -0.15) is 0 Å². The first-order chi connectivity index (χ1) is 10.9. The normalized spacial score (nSPS) is 38.5. The summed E-state index contributed by atoms with van der Waals surface area (Å²) >= 11 is 0. The Morgan fingerprint density at radius 2 is 0.955 bits per heavy atom. The van der Waals surface area contributed by atoms with Crippen LogP contribution in [-0.2, 0) is 0 Å². The fourth-order valence-electron chi connectivity index (χ4n) is 7.12. The molecule has 4 heterocycles. The minimum atomic E-state index is 0.980. The van der Waals surface area contributed by atoms with E-state index in [0.29, 0.717) is 0 Å². The molecule has 4 bridgehead atoms. The van der Waals surface area contributed by atoms with Crippen LogP contribution in [0, 0.1) is 0 Å². The molecule has 4 aliphatic rings. The number of hydrogen-bond donors (Lipinski definition) is 0. The number of hydrogen-bond acceptors (Lipinski definition) is 1. The first-order valence-electron chi connectivity index (χ1n) is 10.6. The highest BCUT2D eigenvalue weighted by Gasteiger charge is 2.50. The Balaban J connectivity index is 1.59. The molecule has 3 heteroatoms. The smallest absolute Gasteiger partial charge is 0.218 e. The molecule has 4 fully saturated rings. The van der Waals surface area contributed by atoms with E-state index in [2.05, 4.69) is 11.6 Å². The van der Waals surface area contributed by atoms with Gasteiger partial charge in [0.2, 0.25) is 13.7 Å². The summed E-state index contributed by atoms with van der Waals surface area (Å²) in [5.41, 5.74) is 0. The second-order valence-corrected chi connectivity index (χ2v) is 8.98. The van der Waals surface area contributed by atoms with Crippen LogP contribution in [0.25, 0.3) is 0 Å². The van der Waals surface area contributed by atoms with Gasteiger partial charge in [0.1, 0.15) is 0 Å². The maximum absolute atomic E-state index is 3.14. The Morgan fingerprint density at radius 3 is 1.23 bits per heavy atom. The second kappa shape index (κ2) is 6.91. The molecule has 4 aliphatic heterocycles. The molecule has 0 aromatic carbocycles. The summed E-state index contributed by atoms with van der Waals surface area (Å²) in [6, 6.07) is 0. The average molecular weight is 299 g/mol. The van der Waals surface area contributed by atoms with Crippen molar-refractivity contribution in [2.24, 2.45) is 0 Å². The van der Waals surface area contributed by atoms with Crippen LogP contribution >= 0.6 is 0 Å². The lowest BCUT2D eigenvalue weighted by Crippen LogP contribution is -2.60. The summed E-state index contributed by atoms with van der Waals surface area (Å²) in [6.45, 7) is 5.78. The molecule has 22 heavy (non-hydrogen) atoms. The van der Waals surface area contributed by atoms with Crippen molar-refractivity contribution in [3.05, 3.63) is 0 Å². The van der Waals surface area contributed by atoms with Crippen molar-refractivity contribution in [1.29, 1.82) is 0 Å². The van der Waals surface area contributed by atoms with E-state index >= 15 is 0 Å². The zero-order valence-electron chi connectivity index (χ0n) is 14.8. The maximum atomic E-state index is 3.14. The quantitative estimate of drug-likeness (QED) is 0.584. The second-order valence-electron chi connectivity index (χ2n) is 8.98. The van der Waals surface area contributed by atoms with E-state index in [1.54, 1.807) is 51.4 Å². The van der Waals surface area contributed by atoms with E-state index < -0.39 is 0 Å². The molecule has 0 spiro atoms. The Labute approximate surface area is 139 Å². The first-order valence-corrected chi connectivity index (χ1v) is 10.6. The number of nitrogens with zero attached hydrogens (tertiary/aromatic N) is 1. The summed E-state index contributed by atoms with van der Waals surface area (Å²) in [5.74, 6) is 4.23. The molecule has 0 aromatic heterocycles. The predicted molar refractivity (Wildman–Crippen MR) is 98.9 cm³/mol. The molecule has 4 saturated heterocycles. The van der Waals surface area contributed by atoms with Gasteiger partial charge >= 0.3 is 0 Å². The SMILES string of the molecule is CCCN(B1C2CCCC1CCC2)B1C2CCCC1CCC2. The highest BCUT2D eigenvalue weighted by molar-refractivity contribution is 6.76. The molecule has 0 aliphatic carbocycles. The fraction of sp³-hybridized carbons (Fsp3) is 1.00. The standard InChI is InChI=1S/C19H35B2N/c1-2-15-22(20-16-7-3-8-17(20)10-4-9-16)21-18-11-5-12-19(21)14-6-13-18/h16-19H,2-15H2,1H3. The molecule has 0 aromatic rings. The van der Waals surface area contributed by atoms with E-state index in [9.17, 15) is 0 Å². The Hall–Kier alpha value is 0.0899. The van der Waals surface area contributed by atoms with Crippen molar-refractivity contribution in [3.63, 3.8) is 0 Å². The van der Waals surface area contributed by atoms with Crippen molar-refractivity contribution >= 4 is 13.7 Å². The van der Waals surface area contributed by atoms with Gasteiger partial charge in [0.25, 0.3) is 0 Å². The maximum Gasteiger partial charge on any atom is 0.218 e. The molecule has 0 N–H and O–H groups in total. The van der Waals surface area contributed by atoms with Gasteiger partial charge in [-0.25, -0.2) is 0 Å². The lowest BCUT2D eigenvalue weighted by molar-refractivity contribution is 0.377. The van der Waals surface area contributed by atoms with Gasteiger partial charge in [0, 0.05) is 0 Å². The van der Waals surface area contributed by atoms with Gasteiger partial charge in [0.15, 0.2) is 0 Å². The Morgan fingerprint density at radius 1 is 0.636 bits per heavy atom. The topological polar surface area (TPSA) is 3.24 Å². The molecule has 4 rings (SSSR count). The molecule has 0 atom stereocenters. The van der Waals surface area contributed by atoms with Crippen molar-refractivity contribution in [2.75, 3.05) is 6.54 Å². The van der Waals surface area contributed by atoms with Crippen LogP contribution in [0.1, 0.15) is 90.4 Å². The van der Waals surface area contributed by atoms with Gasteiger partial charge in [-0.3, -0.25) is 0 Å². The predicted octanol–water partition coefficient (Wildman–Crippen LogP) is 5.90. The van der Waals surface area contributed by atoms with Gasteiger partial charge in [-0.05, 0) is 36.2 Å². The summed E-state index contributed by atoms with van der Waals surface area (Å²) in [6.07, 6.45) is 19.9. The third-order valence-corrected chi connectivity index (χ3v) is 7.78. The zero-order chi connectivity index (χ0) is 14.9. The summed E-state index contributed by atoms with van der Waals surface area (Å²) in [5, 5.41) is 0. The monoisotopic (exact) mass is 299 g/mol. The molecule has 122 valence electrons. The largest absolute Gasteiger partial charge is 0.383 e. The Kier molecular flexibility index (Phi) is 4.90. The van der Waals surface area contributed by atoms with E-state index in [1.807, 2.05) is 0 Å². The third kappa shape index (κ3) is 2.80. The van der Waals surface area contributed by atoms with Crippen LogP contribution in [0.5, 0.6) is 0 Å². The van der Waals surface area contributed by atoms with Crippen molar-refractivity contribution in [1.82, 2.24) is 4.72 Å². The Bertz CT molecular complexity index is 298. The summed E-state index contributed by atoms with van der Waals surface area (Å²) in [7, 11) is 0. The molecule has 0 amide bonds. The van der Waals surface area contributed by atoms with Crippen molar-refractivity contribution in [3.8, 4) is 0 Å². The third-order valence-electron chi connectivity index (χ3n) is 7.78. The molecule has 1 nitrogen and oxygen atoms in total. The van der Waals surface area contributed by atoms with Gasteiger partial charge in [-0.1, -0.05) is 84.0 Å². The van der Waals surface area contributed by atoms with Crippen LogP contribution in [-0.4, -0.2) is 25.0 Å². The highest BCUT2D eigenvalue weighted by Crippen LogP contribution is 2.52. The van der Waals surface area contributed by atoms with Crippen molar-refractivity contribution < 1.29 is 0 Å². The van der Waals surface area contributed by atoms with Crippen LogP contribution in [0.2, 0.25) is 23.3 Å². The first kappa shape index (κ1) is 15.6. The number of rotatable bonds is 4. The molecule has 0 unspecified atom stereocenters. The summed E-state index contributed by atoms with van der Waals surface area (Å²) < 4.78 is 3.14. The lowest BCUT2D eigenvalue weighted by Gasteiger charge is -2.53. The fourth-order valence-corrected chi connectivity index (χ4v) is 7.12.